The number of allylic oxidation sites excluding steroid dienone is 3. The fourth-order valence-corrected chi connectivity index (χ4v) is 5.66. The van der Waals surface area contributed by atoms with Crippen LogP contribution in [0.4, 0.5) is 21.7 Å². The monoisotopic (exact) mass is 626 g/mol. The van der Waals surface area contributed by atoms with Crippen LogP contribution in [0.3, 0.4) is 0 Å². The molecule has 2 aliphatic rings. The van der Waals surface area contributed by atoms with Gasteiger partial charge in [0, 0.05) is 49.8 Å². The lowest BCUT2D eigenvalue weighted by Crippen LogP contribution is -2.41. The summed E-state index contributed by atoms with van der Waals surface area (Å²) in [4.78, 5) is 34.1. The molecule has 3 aromatic rings. The van der Waals surface area contributed by atoms with E-state index in [0.717, 1.165) is 38.8 Å². The van der Waals surface area contributed by atoms with E-state index in [1.54, 1.807) is 25.1 Å². The van der Waals surface area contributed by atoms with Crippen molar-refractivity contribution in [2.24, 2.45) is 16.8 Å². The number of carbonyl (C=O) groups excluding carboxylic acids is 1. The number of nitrogens with one attached hydrogen (secondary N) is 2. The molecule has 46 heavy (non-hydrogen) atoms. The number of hydrogen-bond donors (Lipinski definition) is 2. The molecule has 1 unspecified atom stereocenters. The second kappa shape index (κ2) is 14.9. The van der Waals surface area contributed by atoms with Crippen LogP contribution in [0.2, 0.25) is 0 Å². The summed E-state index contributed by atoms with van der Waals surface area (Å²) in [5, 5.41) is 10.1. The van der Waals surface area contributed by atoms with E-state index >= 15 is 4.39 Å². The zero-order valence-electron chi connectivity index (χ0n) is 26.4. The Bertz CT molecular complexity index is 1700. The minimum atomic E-state index is -0.504. The minimum Gasteiger partial charge on any atom is -0.489 e. The maximum atomic E-state index is 15.6. The summed E-state index contributed by atoms with van der Waals surface area (Å²) in [5.41, 5.74) is 1.57. The number of aliphatic imine (C=N–C) groups is 1. The van der Waals surface area contributed by atoms with Crippen molar-refractivity contribution in [3.63, 3.8) is 0 Å². The van der Waals surface area contributed by atoms with Gasteiger partial charge < -0.3 is 24.6 Å². The summed E-state index contributed by atoms with van der Waals surface area (Å²) in [6.07, 6.45) is 12.6. The first-order chi connectivity index (χ1) is 22.3. The minimum absolute atomic E-state index is 0.158. The van der Waals surface area contributed by atoms with Crippen LogP contribution >= 0.6 is 0 Å². The largest absolute Gasteiger partial charge is 0.489 e. The summed E-state index contributed by atoms with van der Waals surface area (Å²) in [6, 6.07) is 5.09. The molecule has 2 bridgehead atoms. The van der Waals surface area contributed by atoms with Crippen molar-refractivity contribution in [2.45, 2.75) is 26.2 Å². The number of likely N-dealkylation sites (N-methyl/N-ethyl adjacent to an activating group) is 1. The van der Waals surface area contributed by atoms with Crippen molar-refractivity contribution in [2.75, 3.05) is 50.6 Å². The Morgan fingerprint density at radius 3 is 2.98 bits per heavy atom. The van der Waals surface area contributed by atoms with Crippen LogP contribution in [0.5, 0.6) is 11.5 Å². The van der Waals surface area contributed by atoms with Crippen LogP contribution in [-0.2, 0) is 4.79 Å². The van der Waals surface area contributed by atoms with E-state index in [9.17, 15) is 4.79 Å². The van der Waals surface area contributed by atoms with Crippen LogP contribution in [-0.4, -0.2) is 78.5 Å². The van der Waals surface area contributed by atoms with Gasteiger partial charge in [-0.1, -0.05) is 12.7 Å². The highest BCUT2D eigenvalue weighted by Gasteiger charge is 2.35. The average molecular weight is 627 g/mol. The third-order valence-electron chi connectivity index (χ3n) is 8.15. The van der Waals surface area contributed by atoms with Crippen LogP contribution in [0.25, 0.3) is 11.0 Å². The van der Waals surface area contributed by atoms with Crippen molar-refractivity contribution in [1.82, 2.24) is 19.9 Å². The van der Waals surface area contributed by atoms with Gasteiger partial charge in [-0.15, -0.1) is 0 Å². The van der Waals surface area contributed by atoms with Gasteiger partial charge >= 0.3 is 0 Å². The maximum absolute atomic E-state index is 15.6. The predicted molar refractivity (Wildman–Crippen MR) is 179 cm³/mol. The number of hydrogen-bond acceptors (Lipinski definition) is 10. The van der Waals surface area contributed by atoms with Gasteiger partial charge in [-0.05, 0) is 70.1 Å². The van der Waals surface area contributed by atoms with Gasteiger partial charge in [0.1, 0.15) is 29.7 Å². The molecular formula is C34H39FN8O3. The van der Waals surface area contributed by atoms with Gasteiger partial charge in [-0.25, -0.2) is 24.3 Å². The van der Waals surface area contributed by atoms with Crippen LogP contribution in [0, 0.1) is 30.0 Å². The highest BCUT2D eigenvalue weighted by molar-refractivity contribution is 5.90. The fourth-order valence-electron chi connectivity index (χ4n) is 5.66. The molecule has 0 radical (unpaired) electrons. The van der Waals surface area contributed by atoms with Gasteiger partial charge in [0.05, 0.1) is 17.8 Å². The number of pyridine rings is 1. The number of halogens is 1. The SMILES string of the molecule is C=C/C(=C\C=NC=N)Oc1ccc(Nc2ncnc3cc4c(nc23)N2CCC(CCC(=O)/C=C/CN(C)C)[C@H](CO4)C2)c(F)c1C. The van der Waals surface area contributed by atoms with Gasteiger partial charge in [-0.2, -0.15) is 0 Å². The Morgan fingerprint density at radius 1 is 1.35 bits per heavy atom. The lowest BCUT2D eigenvalue weighted by molar-refractivity contribution is -0.115. The molecule has 2 aromatic heterocycles. The van der Waals surface area contributed by atoms with E-state index in [4.69, 9.17) is 19.9 Å². The van der Waals surface area contributed by atoms with Gasteiger partial charge in [-0.3, -0.25) is 10.2 Å². The van der Waals surface area contributed by atoms with Crippen LogP contribution in [0.15, 0.2) is 66.2 Å². The Balaban J connectivity index is 1.32. The van der Waals surface area contributed by atoms with E-state index in [1.165, 1.54) is 24.7 Å². The average Bonchev–Trinajstić information content (AvgIpc) is 3.18. The number of anilines is 3. The quantitative estimate of drug-likeness (QED) is 0.0814. The summed E-state index contributed by atoms with van der Waals surface area (Å²) >= 11 is 0. The molecule has 12 heteroatoms. The fraction of sp³-hybridized carbons (Fsp3) is 0.353. The number of benzene rings is 1. The van der Waals surface area contributed by atoms with Gasteiger partial charge in [0.15, 0.2) is 29.0 Å². The zero-order chi connectivity index (χ0) is 32.6. The highest BCUT2D eigenvalue weighted by Crippen LogP contribution is 2.40. The van der Waals surface area contributed by atoms with E-state index in [-0.39, 0.29) is 23.0 Å². The molecule has 1 aromatic carbocycles. The molecule has 2 aliphatic heterocycles. The van der Waals surface area contributed by atoms with Crippen molar-refractivity contribution in [1.29, 1.82) is 5.41 Å². The van der Waals surface area contributed by atoms with Crippen molar-refractivity contribution in [3.05, 3.63) is 72.5 Å². The molecule has 1 saturated heterocycles. The standard InChI is InChI=1S/C34H39FN8O3/c1-5-26(12-14-37-20-36)46-29-11-10-27(31(35)22(29)2)40-33-32-28(38-21-39-33)17-30-34(41-32)43-16-13-23(24(18-43)19-45-30)8-9-25(44)7-6-15-42(3)4/h5-7,10-12,14,17,20-21,23-24,36H,1,8-9,13,15-16,18-19H2,2-4H3,(H,38,39,40)/b7-6+,26-12+,36-20?,37-14?/t23?,24-/m0/s1. The lowest BCUT2D eigenvalue weighted by atomic mass is 9.82. The second-order valence-corrected chi connectivity index (χ2v) is 11.6. The molecule has 2 N–H and O–H groups in total. The second-order valence-electron chi connectivity index (χ2n) is 11.6. The molecule has 2 atom stereocenters. The normalized spacial score (nSPS) is 18.0. The number of fused-ring (bicyclic) bond motifs is 5. The first kappa shape index (κ1) is 32.4. The third kappa shape index (κ3) is 7.63. The molecule has 4 heterocycles. The van der Waals surface area contributed by atoms with E-state index < -0.39 is 5.82 Å². The lowest BCUT2D eigenvalue weighted by Gasteiger charge is -2.36. The first-order valence-electron chi connectivity index (χ1n) is 15.2. The smallest absolute Gasteiger partial charge is 0.172 e. The molecular weight excluding hydrogens is 587 g/mol. The Kier molecular flexibility index (Phi) is 10.5. The number of ether oxygens (including phenoxy) is 2. The van der Waals surface area contributed by atoms with Crippen LogP contribution < -0.4 is 19.7 Å². The highest BCUT2D eigenvalue weighted by atomic mass is 19.1. The number of aromatic nitrogens is 3. The molecule has 0 amide bonds. The number of carbonyl (C=O) groups is 1. The third-order valence-corrected chi connectivity index (χ3v) is 8.15. The van der Waals surface area contributed by atoms with E-state index in [1.807, 2.05) is 31.1 Å². The van der Waals surface area contributed by atoms with Crippen LogP contribution in [0.1, 0.15) is 24.8 Å². The Labute approximate surface area is 268 Å². The maximum Gasteiger partial charge on any atom is 0.172 e. The predicted octanol–water partition coefficient (Wildman–Crippen LogP) is 5.64. The van der Waals surface area contributed by atoms with Gasteiger partial charge in [0.25, 0.3) is 0 Å². The Hall–Kier alpha value is -4.97. The molecule has 240 valence electrons. The van der Waals surface area contributed by atoms with Crippen molar-refractivity contribution in [3.8, 4) is 11.5 Å². The summed E-state index contributed by atoms with van der Waals surface area (Å²) < 4.78 is 27.7. The first-order valence-corrected chi connectivity index (χ1v) is 15.2. The molecule has 0 aliphatic carbocycles. The molecule has 11 nitrogen and oxygen atoms in total. The number of ketones is 1. The number of piperidine rings is 1. The van der Waals surface area contributed by atoms with E-state index in [2.05, 4.69) is 31.8 Å². The van der Waals surface area contributed by atoms with Gasteiger partial charge in [0.2, 0.25) is 0 Å². The number of rotatable bonds is 13. The Morgan fingerprint density at radius 2 is 2.20 bits per heavy atom. The summed E-state index contributed by atoms with van der Waals surface area (Å²) in [6.45, 7) is 8.19. The number of nitrogens with zero attached hydrogens (tertiary/aromatic N) is 6. The van der Waals surface area contributed by atoms with E-state index in [0.29, 0.717) is 58.9 Å². The van der Waals surface area contributed by atoms with Crippen molar-refractivity contribution >= 4 is 46.7 Å². The molecule has 0 spiro atoms. The molecule has 1 fully saturated rings. The summed E-state index contributed by atoms with van der Waals surface area (Å²) in [5.74, 6) is 2.71. The molecule has 0 saturated carbocycles. The molecule has 5 rings (SSSR count). The zero-order valence-corrected chi connectivity index (χ0v) is 26.4. The topological polar surface area (TPSA) is 129 Å². The van der Waals surface area contributed by atoms with Crippen molar-refractivity contribution < 1.29 is 18.7 Å². The summed E-state index contributed by atoms with van der Waals surface area (Å²) in [7, 11) is 3.95.